The van der Waals surface area contributed by atoms with Crippen molar-refractivity contribution in [3.63, 3.8) is 0 Å². The van der Waals surface area contributed by atoms with Crippen molar-refractivity contribution in [2.45, 2.75) is 38.6 Å². The lowest BCUT2D eigenvalue weighted by atomic mass is 10.1. The average Bonchev–Trinajstić information content (AvgIpc) is 3.07. The van der Waals surface area contributed by atoms with Crippen molar-refractivity contribution in [1.82, 2.24) is 9.97 Å². The number of thiophene rings is 1. The summed E-state index contributed by atoms with van der Waals surface area (Å²) in [5, 5.41) is 1.10. The van der Waals surface area contributed by atoms with E-state index < -0.39 is 18.0 Å². The normalized spacial score (nSPS) is 12.2. The molecule has 0 unspecified atom stereocenters. The zero-order valence-corrected chi connectivity index (χ0v) is 19.6. The number of fused-ring (bicyclic) bond motifs is 1. The minimum absolute atomic E-state index is 0.132. The molecule has 0 spiro atoms. The van der Waals surface area contributed by atoms with Gasteiger partial charge in [-0.3, -0.25) is 4.79 Å². The Bertz CT molecular complexity index is 1220. The van der Waals surface area contributed by atoms with Crippen LogP contribution in [0.3, 0.4) is 0 Å². The molecule has 1 aromatic carbocycles. The Morgan fingerprint density at radius 3 is 2.69 bits per heavy atom. The third-order valence-electron chi connectivity index (χ3n) is 4.86. The van der Waals surface area contributed by atoms with E-state index in [-0.39, 0.29) is 15.8 Å². The lowest BCUT2D eigenvalue weighted by Crippen LogP contribution is -2.33. The van der Waals surface area contributed by atoms with Crippen LogP contribution in [-0.4, -0.2) is 34.5 Å². The Morgan fingerprint density at radius 2 is 2.00 bits per heavy atom. The molecule has 11 heteroatoms. The molecule has 5 N–H and O–H groups in total. The molecule has 32 heavy (non-hydrogen) atoms. The van der Waals surface area contributed by atoms with E-state index in [1.54, 1.807) is 25.1 Å². The van der Waals surface area contributed by atoms with Crippen LogP contribution in [0.2, 0.25) is 10.0 Å². The maximum absolute atomic E-state index is 12.7. The number of aryl methyl sites for hydroxylation is 1. The Hall–Kier alpha value is -2.30. The Labute approximate surface area is 197 Å². The fraction of sp³-hybridized carbons (Fsp3) is 0.333. The van der Waals surface area contributed by atoms with Gasteiger partial charge in [-0.25, -0.2) is 14.6 Å². The van der Waals surface area contributed by atoms with Gasteiger partial charge < -0.3 is 21.2 Å². The number of benzene rings is 1. The zero-order valence-electron chi connectivity index (χ0n) is 17.2. The number of carbonyl (C=O) groups excluding carboxylic acids is 2. The fourth-order valence-electron chi connectivity index (χ4n) is 3.15. The van der Waals surface area contributed by atoms with Crippen LogP contribution in [0.1, 0.15) is 45.9 Å². The highest BCUT2D eigenvalue weighted by Gasteiger charge is 2.25. The van der Waals surface area contributed by atoms with Crippen molar-refractivity contribution < 1.29 is 14.3 Å². The molecule has 2 aromatic heterocycles. The molecule has 0 aliphatic rings. The summed E-state index contributed by atoms with van der Waals surface area (Å²) < 4.78 is 4.94. The Morgan fingerprint density at radius 1 is 1.25 bits per heavy atom. The first-order valence-corrected chi connectivity index (χ1v) is 11.5. The number of aromatic amines is 1. The summed E-state index contributed by atoms with van der Waals surface area (Å²) in [7, 11) is 0. The summed E-state index contributed by atoms with van der Waals surface area (Å²) in [6, 6.07) is 4.22. The second kappa shape index (κ2) is 10.5. The van der Waals surface area contributed by atoms with Gasteiger partial charge in [0.2, 0.25) is 0 Å². The summed E-state index contributed by atoms with van der Waals surface area (Å²) in [6.45, 7) is 2.10. The number of hydrogen-bond donors (Lipinski definition) is 3. The third-order valence-corrected chi connectivity index (χ3v) is 6.76. The van der Waals surface area contributed by atoms with Gasteiger partial charge in [-0.2, -0.15) is 0 Å². The van der Waals surface area contributed by atoms with Crippen LogP contribution < -0.4 is 17.0 Å². The van der Waals surface area contributed by atoms with Gasteiger partial charge in [0.05, 0.1) is 15.4 Å². The van der Waals surface area contributed by atoms with E-state index in [9.17, 15) is 14.4 Å². The molecular weight excluding hydrogens is 475 g/mol. The van der Waals surface area contributed by atoms with Gasteiger partial charge in [0.25, 0.3) is 5.56 Å². The van der Waals surface area contributed by atoms with Crippen LogP contribution in [-0.2, 0) is 16.0 Å². The second-order valence-electron chi connectivity index (χ2n) is 7.27. The zero-order chi connectivity index (χ0) is 23.4. The number of unbranched alkanes of at least 4 members (excludes halogenated alkanes) is 1. The molecular formula is C21H22Cl2N4O4S. The number of esters is 2. The molecule has 0 saturated heterocycles. The van der Waals surface area contributed by atoms with Crippen molar-refractivity contribution in [2.24, 2.45) is 11.5 Å². The molecule has 0 fully saturated rings. The number of aromatic nitrogens is 2. The summed E-state index contributed by atoms with van der Waals surface area (Å²) >= 11 is 13.0. The van der Waals surface area contributed by atoms with Gasteiger partial charge >= 0.3 is 11.9 Å². The first kappa shape index (κ1) is 24.3. The molecule has 0 saturated carbocycles. The molecule has 0 bridgehead atoms. The molecule has 2 heterocycles. The lowest BCUT2D eigenvalue weighted by Gasteiger charge is -2.09. The minimum Gasteiger partial charge on any atom is -0.388 e. The number of nitrogens with zero attached hydrogens (tertiary/aromatic N) is 1. The smallest absolute Gasteiger partial charge is 0.356 e. The molecule has 3 aromatic rings. The molecule has 0 radical (unpaired) electrons. The monoisotopic (exact) mass is 496 g/mol. The van der Waals surface area contributed by atoms with Gasteiger partial charge in [0.15, 0.2) is 0 Å². The Balaban J connectivity index is 1.82. The molecule has 0 aliphatic carbocycles. The van der Waals surface area contributed by atoms with Crippen molar-refractivity contribution in [2.75, 3.05) is 6.54 Å². The van der Waals surface area contributed by atoms with Crippen molar-refractivity contribution in [3.8, 4) is 0 Å². The summed E-state index contributed by atoms with van der Waals surface area (Å²) in [5.74, 6) is -1.26. The standard InChI is InChI=1S/C21H22Cl2N4O4S/c1-10-16-18(28)26-15(9-11-5-6-12(22)13(23)8-11)27-19(16)32-17(10)21(30)31-20(29)14(25)4-2-3-7-24/h5-6,8,14H,2-4,7,9,24-25H2,1H3,(H,26,27,28)/t14-/m0/s1. The predicted molar refractivity (Wildman–Crippen MR) is 126 cm³/mol. The number of hydrogen-bond acceptors (Lipinski definition) is 8. The minimum atomic E-state index is -0.917. The quantitative estimate of drug-likeness (QED) is 0.246. The first-order valence-electron chi connectivity index (χ1n) is 9.89. The van der Waals surface area contributed by atoms with Crippen LogP contribution >= 0.6 is 34.5 Å². The van der Waals surface area contributed by atoms with E-state index in [0.717, 1.165) is 23.3 Å². The van der Waals surface area contributed by atoms with Gasteiger partial charge in [0.1, 0.15) is 21.6 Å². The fourth-order valence-corrected chi connectivity index (χ4v) is 4.55. The number of nitrogens with two attached hydrogens (primary N) is 2. The van der Waals surface area contributed by atoms with Crippen LogP contribution in [0.4, 0.5) is 0 Å². The number of nitrogens with one attached hydrogen (secondary N) is 1. The number of halogens is 2. The molecule has 3 rings (SSSR count). The summed E-state index contributed by atoms with van der Waals surface area (Å²) in [5.41, 5.74) is 12.0. The van der Waals surface area contributed by atoms with E-state index in [2.05, 4.69) is 9.97 Å². The maximum atomic E-state index is 12.7. The highest BCUT2D eigenvalue weighted by molar-refractivity contribution is 7.20. The van der Waals surface area contributed by atoms with Crippen LogP contribution in [0.15, 0.2) is 23.0 Å². The van der Waals surface area contributed by atoms with Gasteiger partial charge in [-0.1, -0.05) is 35.7 Å². The van der Waals surface area contributed by atoms with Crippen molar-refractivity contribution in [1.29, 1.82) is 0 Å². The molecule has 0 amide bonds. The average molecular weight is 497 g/mol. The van der Waals surface area contributed by atoms with Gasteiger partial charge in [0, 0.05) is 6.42 Å². The SMILES string of the molecule is Cc1c(C(=O)OC(=O)[C@@H](N)CCCCN)sc2nc(Cc3ccc(Cl)c(Cl)c3)[nH]c(=O)c12. The second-order valence-corrected chi connectivity index (χ2v) is 9.09. The predicted octanol–water partition coefficient (Wildman–Crippen LogP) is 3.33. The number of H-pyrrole nitrogens is 1. The molecule has 8 nitrogen and oxygen atoms in total. The molecule has 170 valence electrons. The molecule has 1 atom stereocenters. The lowest BCUT2D eigenvalue weighted by molar-refractivity contribution is -0.139. The maximum Gasteiger partial charge on any atom is 0.356 e. The van der Waals surface area contributed by atoms with Crippen molar-refractivity contribution >= 4 is 56.7 Å². The van der Waals surface area contributed by atoms with Gasteiger partial charge in [-0.15, -0.1) is 11.3 Å². The van der Waals surface area contributed by atoms with E-state index in [0.29, 0.717) is 52.1 Å². The van der Waals surface area contributed by atoms with Crippen LogP contribution in [0.5, 0.6) is 0 Å². The van der Waals surface area contributed by atoms with E-state index >= 15 is 0 Å². The topological polar surface area (TPSA) is 141 Å². The highest BCUT2D eigenvalue weighted by atomic mass is 35.5. The summed E-state index contributed by atoms with van der Waals surface area (Å²) in [4.78, 5) is 45.0. The summed E-state index contributed by atoms with van der Waals surface area (Å²) in [6.07, 6.45) is 2.07. The number of rotatable bonds is 8. The first-order chi connectivity index (χ1) is 15.2. The van der Waals surface area contributed by atoms with Crippen LogP contribution in [0.25, 0.3) is 10.2 Å². The molecule has 0 aliphatic heterocycles. The van der Waals surface area contributed by atoms with Crippen molar-refractivity contribution in [3.05, 3.63) is 60.4 Å². The largest absolute Gasteiger partial charge is 0.388 e. The number of carbonyl (C=O) groups is 2. The van der Waals surface area contributed by atoms with E-state index in [1.807, 2.05) is 0 Å². The third kappa shape index (κ3) is 5.54. The number of ether oxygens (including phenoxy) is 1. The van der Waals surface area contributed by atoms with Gasteiger partial charge in [-0.05, 0) is 49.6 Å². The Kier molecular flexibility index (Phi) is 8.02. The highest BCUT2D eigenvalue weighted by Crippen LogP contribution is 2.28. The van der Waals surface area contributed by atoms with E-state index in [1.165, 1.54) is 0 Å². The van der Waals surface area contributed by atoms with Crippen LogP contribution in [0, 0.1) is 6.92 Å². The van der Waals surface area contributed by atoms with E-state index in [4.69, 9.17) is 39.4 Å².